The lowest BCUT2D eigenvalue weighted by Gasteiger charge is -2.10. The smallest absolute Gasteiger partial charge is 0.261 e. The van der Waals surface area contributed by atoms with E-state index in [1.165, 1.54) is 18.2 Å². The topological polar surface area (TPSA) is 88.4 Å². The minimum absolute atomic E-state index is 0.108. The van der Waals surface area contributed by atoms with E-state index in [2.05, 4.69) is 10.0 Å². The molecule has 0 bridgehead atoms. The average molecular weight is 410 g/mol. The maximum absolute atomic E-state index is 12.6. The van der Waals surface area contributed by atoms with E-state index in [0.29, 0.717) is 17.1 Å². The van der Waals surface area contributed by atoms with Gasteiger partial charge in [-0.2, -0.15) is 0 Å². The number of hydrogen-bond donors (Lipinski definition) is 2. The van der Waals surface area contributed by atoms with Crippen molar-refractivity contribution in [3.05, 3.63) is 83.3 Å². The molecule has 0 aliphatic carbocycles. The van der Waals surface area contributed by atoms with Gasteiger partial charge in [-0.3, -0.25) is 9.52 Å². The molecule has 2 aromatic carbocycles. The number of furan rings is 1. The molecule has 0 fully saturated rings. The largest absolute Gasteiger partial charge is 0.462 e. The van der Waals surface area contributed by atoms with Gasteiger partial charge in [-0.25, -0.2) is 8.42 Å². The molecule has 0 aliphatic rings. The van der Waals surface area contributed by atoms with E-state index >= 15 is 0 Å². The van der Waals surface area contributed by atoms with Crippen LogP contribution in [0.25, 0.3) is 6.08 Å². The lowest BCUT2D eigenvalue weighted by molar-refractivity contribution is -0.111. The van der Waals surface area contributed by atoms with Gasteiger partial charge in [0.25, 0.3) is 10.0 Å². The average Bonchev–Trinajstić information content (AvgIpc) is 3.04. The monoisotopic (exact) mass is 410 g/mol. The van der Waals surface area contributed by atoms with E-state index in [-0.39, 0.29) is 10.8 Å². The Morgan fingerprint density at radius 3 is 2.14 bits per heavy atom. The number of anilines is 2. The van der Waals surface area contributed by atoms with Gasteiger partial charge < -0.3 is 9.73 Å². The minimum atomic E-state index is -3.73. The maximum atomic E-state index is 12.6. The van der Waals surface area contributed by atoms with Crippen molar-refractivity contribution in [3.63, 3.8) is 0 Å². The number of carbonyl (C=O) groups is 1. The fraction of sp³-hybridized carbons (Fsp3) is 0.136. The van der Waals surface area contributed by atoms with Crippen LogP contribution in [-0.4, -0.2) is 14.3 Å². The molecule has 29 heavy (non-hydrogen) atoms. The van der Waals surface area contributed by atoms with Crippen molar-refractivity contribution >= 4 is 33.4 Å². The third-order valence-electron chi connectivity index (χ3n) is 4.07. The standard InChI is InChI=1S/C22H22N2O4S/c1-15-12-16(2)14-19(13-15)24-29(26,27)21-9-5-18(6-10-21)23-22(25)11-8-20-7-4-17(3)28-20/h4-14,24H,1-3H3,(H,23,25). The van der Waals surface area contributed by atoms with Gasteiger partial charge in [0, 0.05) is 17.5 Å². The fourth-order valence-corrected chi connectivity index (χ4v) is 3.89. The molecule has 0 saturated carbocycles. The number of amides is 1. The van der Waals surface area contributed by atoms with Crippen molar-refractivity contribution in [1.82, 2.24) is 0 Å². The van der Waals surface area contributed by atoms with Gasteiger partial charge in [0.2, 0.25) is 5.91 Å². The van der Waals surface area contributed by atoms with Crippen LogP contribution in [0.2, 0.25) is 0 Å². The van der Waals surface area contributed by atoms with Crippen LogP contribution in [0.3, 0.4) is 0 Å². The number of benzene rings is 2. The third-order valence-corrected chi connectivity index (χ3v) is 5.46. The molecule has 1 heterocycles. The molecule has 0 unspecified atom stereocenters. The Hall–Kier alpha value is -3.32. The molecule has 0 spiro atoms. The first-order chi connectivity index (χ1) is 13.7. The predicted octanol–water partition coefficient (Wildman–Crippen LogP) is 4.66. The first-order valence-electron chi connectivity index (χ1n) is 8.98. The van der Waals surface area contributed by atoms with E-state index in [1.807, 2.05) is 32.9 Å². The highest BCUT2D eigenvalue weighted by molar-refractivity contribution is 7.92. The van der Waals surface area contributed by atoms with Gasteiger partial charge in [-0.05, 0) is 86.5 Å². The van der Waals surface area contributed by atoms with E-state index in [9.17, 15) is 13.2 Å². The van der Waals surface area contributed by atoms with Crippen LogP contribution in [0.15, 0.2) is 70.0 Å². The molecule has 0 radical (unpaired) electrons. The summed E-state index contributed by atoms with van der Waals surface area (Å²) in [6, 6.07) is 15.1. The van der Waals surface area contributed by atoms with Gasteiger partial charge in [0.15, 0.2) is 0 Å². The first-order valence-corrected chi connectivity index (χ1v) is 10.5. The Bertz CT molecular complexity index is 1140. The van der Waals surface area contributed by atoms with E-state index in [4.69, 9.17) is 4.42 Å². The normalized spacial score (nSPS) is 11.6. The van der Waals surface area contributed by atoms with Gasteiger partial charge >= 0.3 is 0 Å². The van der Waals surface area contributed by atoms with Crippen molar-refractivity contribution < 1.29 is 17.6 Å². The second-order valence-corrected chi connectivity index (χ2v) is 8.46. The van der Waals surface area contributed by atoms with Crippen LogP contribution in [0.5, 0.6) is 0 Å². The second-order valence-electron chi connectivity index (χ2n) is 6.78. The lowest BCUT2D eigenvalue weighted by Crippen LogP contribution is -2.13. The number of aryl methyl sites for hydroxylation is 3. The second kappa shape index (κ2) is 8.36. The van der Waals surface area contributed by atoms with Crippen LogP contribution in [0.4, 0.5) is 11.4 Å². The fourth-order valence-electron chi connectivity index (χ4n) is 2.85. The molecule has 1 aromatic heterocycles. The van der Waals surface area contributed by atoms with Gasteiger partial charge in [0.1, 0.15) is 11.5 Å². The van der Waals surface area contributed by atoms with Crippen LogP contribution in [0, 0.1) is 20.8 Å². The number of carbonyl (C=O) groups excluding carboxylic acids is 1. The summed E-state index contributed by atoms with van der Waals surface area (Å²) in [4.78, 5) is 12.1. The highest BCUT2D eigenvalue weighted by atomic mass is 32.2. The summed E-state index contributed by atoms with van der Waals surface area (Å²) in [6.07, 6.45) is 2.92. The quantitative estimate of drug-likeness (QED) is 0.579. The van der Waals surface area contributed by atoms with E-state index in [0.717, 1.165) is 16.9 Å². The van der Waals surface area contributed by atoms with Crippen LogP contribution in [-0.2, 0) is 14.8 Å². The van der Waals surface area contributed by atoms with Gasteiger partial charge in [-0.15, -0.1) is 0 Å². The molecule has 7 heteroatoms. The Balaban J connectivity index is 1.67. The summed E-state index contributed by atoms with van der Waals surface area (Å²) in [6.45, 7) is 5.63. The van der Waals surface area contributed by atoms with Crippen LogP contribution in [0.1, 0.15) is 22.6 Å². The molecule has 150 valence electrons. The third kappa shape index (κ3) is 5.58. The van der Waals surface area contributed by atoms with Crippen LogP contribution >= 0.6 is 0 Å². The number of sulfonamides is 1. The Morgan fingerprint density at radius 1 is 0.897 bits per heavy atom. The van der Waals surface area contributed by atoms with Crippen molar-refractivity contribution in [3.8, 4) is 0 Å². The summed E-state index contributed by atoms with van der Waals surface area (Å²) >= 11 is 0. The number of hydrogen-bond acceptors (Lipinski definition) is 4. The SMILES string of the molecule is Cc1cc(C)cc(NS(=O)(=O)c2ccc(NC(=O)C=Cc3ccc(C)o3)cc2)c1. The maximum Gasteiger partial charge on any atom is 0.261 e. The predicted molar refractivity (Wildman–Crippen MR) is 114 cm³/mol. The molecule has 6 nitrogen and oxygen atoms in total. The van der Waals surface area contributed by atoms with E-state index in [1.54, 1.807) is 36.4 Å². The number of rotatable bonds is 6. The molecular formula is C22H22N2O4S. The Kier molecular flexibility index (Phi) is 5.89. The Labute approximate surface area is 170 Å². The summed E-state index contributed by atoms with van der Waals surface area (Å²) < 4.78 is 33.1. The zero-order chi connectivity index (χ0) is 21.0. The molecule has 3 rings (SSSR count). The highest BCUT2D eigenvalue weighted by Gasteiger charge is 2.14. The first kappa shape index (κ1) is 20.4. The zero-order valence-corrected chi connectivity index (χ0v) is 17.2. The molecule has 1 amide bonds. The van der Waals surface area contributed by atoms with E-state index < -0.39 is 10.0 Å². The summed E-state index contributed by atoms with van der Waals surface area (Å²) in [7, 11) is -3.73. The van der Waals surface area contributed by atoms with Gasteiger partial charge in [0.05, 0.1) is 4.90 Å². The molecular weight excluding hydrogens is 388 g/mol. The van der Waals surface area contributed by atoms with Crippen molar-refractivity contribution in [2.75, 3.05) is 10.0 Å². The van der Waals surface area contributed by atoms with Crippen LogP contribution < -0.4 is 10.0 Å². The van der Waals surface area contributed by atoms with Gasteiger partial charge in [-0.1, -0.05) is 6.07 Å². The molecule has 2 N–H and O–H groups in total. The molecule has 3 aromatic rings. The van der Waals surface area contributed by atoms with Crippen molar-refractivity contribution in [2.45, 2.75) is 25.7 Å². The highest BCUT2D eigenvalue weighted by Crippen LogP contribution is 2.20. The minimum Gasteiger partial charge on any atom is -0.462 e. The lowest BCUT2D eigenvalue weighted by atomic mass is 10.1. The Morgan fingerprint density at radius 2 is 1.55 bits per heavy atom. The molecule has 0 aliphatic heterocycles. The summed E-state index contributed by atoms with van der Waals surface area (Å²) in [5.41, 5.74) is 2.94. The summed E-state index contributed by atoms with van der Waals surface area (Å²) in [5, 5.41) is 2.68. The zero-order valence-electron chi connectivity index (χ0n) is 16.4. The number of nitrogens with one attached hydrogen (secondary N) is 2. The molecule has 0 atom stereocenters. The molecule has 0 saturated heterocycles. The van der Waals surface area contributed by atoms with Crippen molar-refractivity contribution in [1.29, 1.82) is 0 Å². The summed E-state index contributed by atoms with van der Waals surface area (Å²) in [5.74, 6) is 0.996. The van der Waals surface area contributed by atoms with Crippen molar-refractivity contribution in [2.24, 2.45) is 0 Å².